The molecule has 11 heavy (non-hydrogen) atoms. The molecule has 0 aliphatic heterocycles. The summed E-state index contributed by atoms with van der Waals surface area (Å²) in [6.07, 6.45) is 16.3. The lowest BCUT2D eigenvalue weighted by Gasteiger charge is -1.79. The summed E-state index contributed by atoms with van der Waals surface area (Å²) in [5.74, 6) is 0. The van der Waals surface area contributed by atoms with Crippen molar-refractivity contribution in [2.45, 2.75) is 19.8 Å². The summed E-state index contributed by atoms with van der Waals surface area (Å²) in [4.78, 5) is 0. The van der Waals surface area contributed by atoms with Gasteiger partial charge in [-0.05, 0) is 6.42 Å². The van der Waals surface area contributed by atoms with Gasteiger partial charge in [-0.2, -0.15) is 0 Å². The molecule has 0 rings (SSSR count). The molecule has 0 aliphatic carbocycles. The molecule has 60 valence electrons. The molecule has 0 nitrogen and oxygen atoms in total. The third-order valence-electron chi connectivity index (χ3n) is 1.17. The zero-order chi connectivity index (χ0) is 8.36. The first-order chi connectivity index (χ1) is 5.41. The normalized spacial score (nSPS) is 12.1. The highest BCUT2D eigenvalue weighted by Crippen LogP contribution is 1.88. The predicted molar refractivity (Wildman–Crippen MR) is 52.5 cm³/mol. The van der Waals surface area contributed by atoms with Gasteiger partial charge in [0.15, 0.2) is 0 Å². The molecular formula is C11H16. The molecule has 0 radical (unpaired) electrons. The lowest BCUT2D eigenvalue weighted by Crippen LogP contribution is -1.58. The number of hydrogen-bond donors (Lipinski definition) is 0. The van der Waals surface area contributed by atoms with E-state index in [4.69, 9.17) is 0 Å². The minimum Gasteiger partial charge on any atom is -0.0991 e. The molecule has 0 saturated heterocycles. The molecule has 0 aromatic heterocycles. The Morgan fingerprint density at radius 3 is 2.27 bits per heavy atom. The quantitative estimate of drug-likeness (QED) is 0.522. The van der Waals surface area contributed by atoms with Gasteiger partial charge in [-0.15, -0.1) is 0 Å². The Morgan fingerprint density at radius 2 is 1.64 bits per heavy atom. The van der Waals surface area contributed by atoms with Gasteiger partial charge in [0, 0.05) is 0 Å². The molecule has 0 aromatic carbocycles. The largest absolute Gasteiger partial charge is 0.0991 e. The second-order valence-electron chi connectivity index (χ2n) is 2.22. The zero-order valence-electron chi connectivity index (χ0n) is 7.16. The van der Waals surface area contributed by atoms with E-state index in [1.807, 2.05) is 24.3 Å². The van der Waals surface area contributed by atoms with Crippen LogP contribution in [0.5, 0.6) is 0 Å². The Hall–Kier alpha value is -1.04. The average Bonchev–Trinajstić information content (AvgIpc) is 2.03. The topological polar surface area (TPSA) is 0 Å². The summed E-state index contributed by atoms with van der Waals surface area (Å²) in [5.41, 5.74) is 0. The van der Waals surface area contributed by atoms with Crippen molar-refractivity contribution in [3.63, 3.8) is 0 Å². The van der Waals surface area contributed by atoms with Crippen LogP contribution in [0.1, 0.15) is 19.8 Å². The first-order valence-corrected chi connectivity index (χ1v) is 4.02. The van der Waals surface area contributed by atoms with Crippen LogP contribution in [0.2, 0.25) is 0 Å². The standard InChI is InChI=1S/C11H16/c1-3-5-7-9-11-10-8-6-4-2/h3,5,7-11H,1,4,6H2,2H3/b7-5+,10-8+,11-9-. The Bertz CT molecular complexity index is 159. The Kier molecular flexibility index (Phi) is 8.11. The molecule has 0 aromatic rings. The van der Waals surface area contributed by atoms with Crippen molar-refractivity contribution in [1.29, 1.82) is 0 Å². The van der Waals surface area contributed by atoms with Crippen molar-refractivity contribution in [2.24, 2.45) is 0 Å². The van der Waals surface area contributed by atoms with Crippen LogP contribution in [-0.4, -0.2) is 0 Å². The summed E-state index contributed by atoms with van der Waals surface area (Å²) in [5, 5.41) is 0. The summed E-state index contributed by atoms with van der Waals surface area (Å²) in [6, 6.07) is 0. The molecule has 0 aliphatic rings. The maximum atomic E-state index is 3.57. The van der Waals surface area contributed by atoms with Crippen LogP contribution in [0.4, 0.5) is 0 Å². The van der Waals surface area contributed by atoms with Crippen molar-refractivity contribution in [3.05, 3.63) is 49.1 Å². The maximum absolute atomic E-state index is 3.57. The van der Waals surface area contributed by atoms with Gasteiger partial charge in [0.1, 0.15) is 0 Å². The van der Waals surface area contributed by atoms with E-state index < -0.39 is 0 Å². The fourth-order valence-electron chi connectivity index (χ4n) is 0.612. The predicted octanol–water partition coefficient (Wildman–Crippen LogP) is 3.64. The van der Waals surface area contributed by atoms with Gasteiger partial charge in [-0.1, -0.05) is 62.5 Å². The molecule has 0 unspecified atom stereocenters. The Balaban J connectivity index is 3.42. The number of unbranched alkanes of at least 4 members (excludes halogenated alkanes) is 1. The van der Waals surface area contributed by atoms with Gasteiger partial charge < -0.3 is 0 Å². The van der Waals surface area contributed by atoms with Gasteiger partial charge >= 0.3 is 0 Å². The first-order valence-electron chi connectivity index (χ1n) is 4.02. The van der Waals surface area contributed by atoms with Crippen molar-refractivity contribution in [2.75, 3.05) is 0 Å². The summed E-state index contributed by atoms with van der Waals surface area (Å²) in [7, 11) is 0. The van der Waals surface area contributed by atoms with Crippen LogP contribution in [-0.2, 0) is 0 Å². The fraction of sp³-hybridized carbons (Fsp3) is 0.273. The lowest BCUT2D eigenvalue weighted by atomic mass is 10.3. The van der Waals surface area contributed by atoms with Crippen LogP contribution >= 0.6 is 0 Å². The van der Waals surface area contributed by atoms with E-state index in [-0.39, 0.29) is 0 Å². The van der Waals surface area contributed by atoms with Crippen LogP contribution in [0.15, 0.2) is 49.1 Å². The van der Waals surface area contributed by atoms with Gasteiger partial charge in [0.2, 0.25) is 0 Å². The third kappa shape index (κ3) is 8.96. The highest BCUT2D eigenvalue weighted by Gasteiger charge is 1.68. The highest BCUT2D eigenvalue weighted by molar-refractivity contribution is 5.14. The molecule has 0 heterocycles. The minimum atomic E-state index is 1.16. The molecule has 0 amide bonds. The van der Waals surface area contributed by atoms with E-state index in [9.17, 15) is 0 Å². The van der Waals surface area contributed by atoms with E-state index in [2.05, 4.69) is 25.7 Å². The first kappa shape index (κ1) is 9.96. The minimum absolute atomic E-state index is 1.16. The molecule has 0 spiro atoms. The molecule has 0 atom stereocenters. The number of rotatable bonds is 5. The summed E-state index contributed by atoms with van der Waals surface area (Å²) in [6.45, 7) is 5.74. The second-order valence-corrected chi connectivity index (χ2v) is 2.22. The second kappa shape index (κ2) is 8.96. The van der Waals surface area contributed by atoms with E-state index >= 15 is 0 Å². The highest BCUT2D eigenvalue weighted by atomic mass is 13.7. The molecule has 0 N–H and O–H groups in total. The van der Waals surface area contributed by atoms with Gasteiger partial charge in [0.05, 0.1) is 0 Å². The van der Waals surface area contributed by atoms with Crippen molar-refractivity contribution < 1.29 is 0 Å². The van der Waals surface area contributed by atoms with E-state index in [0.29, 0.717) is 0 Å². The van der Waals surface area contributed by atoms with Crippen LogP contribution in [0, 0.1) is 0 Å². The molecule has 0 fully saturated rings. The number of allylic oxidation sites excluding steroid dienone is 7. The average molecular weight is 148 g/mol. The fourth-order valence-corrected chi connectivity index (χ4v) is 0.612. The SMILES string of the molecule is C=C/C=C/C=C\C=C\CCC. The molecule has 0 heteroatoms. The van der Waals surface area contributed by atoms with Crippen molar-refractivity contribution >= 4 is 0 Å². The van der Waals surface area contributed by atoms with Crippen LogP contribution in [0.3, 0.4) is 0 Å². The summed E-state index contributed by atoms with van der Waals surface area (Å²) >= 11 is 0. The van der Waals surface area contributed by atoms with Gasteiger partial charge in [-0.3, -0.25) is 0 Å². The Morgan fingerprint density at radius 1 is 1.00 bits per heavy atom. The van der Waals surface area contributed by atoms with Crippen molar-refractivity contribution in [1.82, 2.24) is 0 Å². The van der Waals surface area contributed by atoms with E-state index in [1.54, 1.807) is 6.08 Å². The maximum Gasteiger partial charge on any atom is -0.0350 e. The van der Waals surface area contributed by atoms with E-state index in [0.717, 1.165) is 6.42 Å². The smallest absolute Gasteiger partial charge is 0.0350 e. The molecule has 0 saturated carbocycles. The van der Waals surface area contributed by atoms with Gasteiger partial charge in [-0.25, -0.2) is 0 Å². The number of hydrogen-bond acceptors (Lipinski definition) is 0. The van der Waals surface area contributed by atoms with Crippen LogP contribution < -0.4 is 0 Å². The molecule has 0 bridgehead atoms. The zero-order valence-corrected chi connectivity index (χ0v) is 7.16. The third-order valence-corrected chi connectivity index (χ3v) is 1.17. The molecular weight excluding hydrogens is 132 g/mol. The monoisotopic (exact) mass is 148 g/mol. The van der Waals surface area contributed by atoms with Crippen LogP contribution in [0.25, 0.3) is 0 Å². The van der Waals surface area contributed by atoms with Crippen molar-refractivity contribution in [3.8, 4) is 0 Å². The van der Waals surface area contributed by atoms with E-state index in [1.165, 1.54) is 6.42 Å². The summed E-state index contributed by atoms with van der Waals surface area (Å²) < 4.78 is 0. The Labute approximate surface area is 69.6 Å². The lowest BCUT2D eigenvalue weighted by molar-refractivity contribution is 0.959. The van der Waals surface area contributed by atoms with Gasteiger partial charge in [0.25, 0.3) is 0 Å².